The summed E-state index contributed by atoms with van der Waals surface area (Å²) in [7, 11) is 0. The van der Waals surface area contributed by atoms with Crippen molar-refractivity contribution in [2.75, 3.05) is 6.54 Å². The maximum absolute atomic E-state index is 6.11. The van der Waals surface area contributed by atoms with Crippen molar-refractivity contribution < 1.29 is 4.74 Å². The van der Waals surface area contributed by atoms with Crippen molar-refractivity contribution in [2.24, 2.45) is 0 Å². The number of hydrogen-bond acceptors (Lipinski definition) is 2. The molecule has 0 spiro atoms. The van der Waals surface area contributed by atoms with Crippen molar-refractivity contribution in [1.82, 2.24) is 5.32 Å². The van der Waals surface area contributed by atoms with Gasteiger partial charge in [-0.3, -0.25) is 0 Å². The first-order valence-electron chi connectivity index (χ1n) is 7.00. The van der Waals surface area contributed by atoms with E-state index in [-0.39, 0.29) is 0 Å². The molecular weight excluding hydrogens is 350 g/mol. The quantitative estimate of drug-likeness (QED) is 0.748. The molecule has 0 aromatic heterocycles. The van der Waals surface area contributed by atoms with Gasteiger partial charge in [0.2, 0.25) is 0 Å². The molecule has 2 aromatic rings. The Morgan fingerprint density at radius 2 is 1.86 bits per heavy atom. The van der Waals surface area contributed by atoms with E-state index in [9.17, 15) is 0 Å². The highest BCUT2D eigenvalue weighted by Crippen LogP contribution is 2.21. The Morgan fingerprint density at radius 3 is 2.57 bits per heavy atom. The standard InChI is InChI=1S/C17H19BrClNO/c1-2-20-10-13-7-8-14(16(18)9-13)11-21-12-15-5-3-4-6-17(15)19/h3-9,20H,2,10-12H2,1H3. The van der Waals surface area contributed by atoms with Gasteiger partial charge in [0.1, 0.15) is 0 Å². The van der Waals surface area contributed by atoms with E-state index in [1.54, 1.807) is 0 Å². The first kappa shape index (κ1) is 16.5. The molecular formula is C17H19BrClNO. The number of benzene rings is 2. The van der Waals surface area contributed by atoms with E-state index in [1.807, 2.05) is 24.3 Å². The number of hydrogen-bond donors (Lipinski definition) is 1. The van der Waals surface area contributed by atoms with Crippen LogP contribution in [0.3, 0.4) is 0 Å². The summed E-state index contributed by atoms with van der Waals surface area (Å²) in [5, 5.41) is 4.06. The van der Waals surface area contributed by atoms with Gasteiger partial charge in [-0.05, 0) is 35.4 Å². The Labute approximate surface area is 139 Å². The Balaban J connectivity index is 1.90. The predicted molar refractivity (Wildman–Crippen MR) is 91.5 cm³/mol. The van der Waals surface area contributed by atoms with Crippen LogP contribution < -0.4 is 5.32 Å². The first-order valence-corrected chi connectivity index (χ1v) is 8.17. The van der Waals surface area contributed by atoms with Gasteiger partial charge in [0, 0.05) is 16.0 Å². The summed E-state index contributed by atoms with van der Waals surface area (Å²) >= 11 is 9.72. The van der Waals surface area contributed by atoms with E-state index in [0.717, 1.165) is 33.7 Å². The molecule has 0 unspecified atom stereocenters. The van der Waals surface area contributed by atoms with Gasteiger partial charge in [-0.25, -0.2) is 0 Å². The Kier molecular flexibility index (Phi) is 6.71. The van der Waals surface area contributed by atoms with Gasteiger partial charge in [-0.2, -0.15) is 0 Å². The lowest BCUT2D eigenvalue weighted by molar-refractivity contribution is 0.107. The molecule has 0 atom stereocenters. The minimum atomic E-state index is 0.519. The summed E-state index contributed by atoms with van der Waals surface area (Å²) in [6.07, 6.45) is 0. The molecule has 0 aliphatic heterocycles. The van der Waals surface area contributed by atoms with Crippen LogP contribution in [0.25, 0.3) is 0 Å². The van der Waals surface area contributed by atoms with E-state index in [1.165, 1.54) is 5.56 Å². The number of nitrogens with one attached hydrogen (secondary N) is 1. The first-order chi connectivity index (χ1) is 10.2. The summed E-state index contributed by atoms with van der Waals surface area (Å²) in [5.41, 5.74) is 3.42. The molecule has 1 N–H and O–H groups in total. The van der Waals surface area contributed by atoms with Gasteiger partial charge >= 0.3 is 0 Å². The van der Waals surface area contributed by atoms with Gasteiger partial charge in [0.15, 0.2) is 0 Å². The minimum Gasteiger partial charge on any atom is -0.372 e. The molecule has 0 fully saturated rings. The fourth-order valence-corrected chi connectivity index (χ4v) is 2.70. The Bertz CT molecular complexity index is 589. The molecule has 0 heterocycles. The highest BCUT2D eigenvalue weighted by atomic mass is 79.9. The number of rotatable bonds is 7. The lowest BCUT2D eigenvalue weighted by atomic mass is 10.1. The predicted octanol–water partition coefficient (Wildman–Crippen LogP) is 4.93. The van der Waals surface area contributed by atoms with Crippen LogP contribution in [0, 0.1) is 0 Å². The smallest absolute Gasteiger partial charge is 0.0735 e. The van der Waals surface area contributed by atoms with Gasteiger partial charge in [0.25, 0.3) is 0 Å². The van der Waals surface area contributed by atoms with Crippen LogP contribution in [0.4, 0.5) is 0 Å². The van der Waals surface area contributed by atoms with E-state index in [0.29, 0.717) is 13.2 Å². The lowest BCUT2D eigenvalue weighted by Gasteiger charge is -2.09. The topological polar surface area (TPSA) is 21.3 Å². The average Bonchev–Trinajstić information content (AvgIpc) is 2.49. The van der Waals surface area contributed by atoms with Crippen LogP contribution >= 0.6 is 27.5 Å². The third kappa shape index (κ3) is 5.11. The maximum atomic E-state index is 6.11. The summed E-state index contributed by atoms with van der Waals surface area (Å²) in [6.45, 7) is 5.04. The third-order valence-electron chi connectivity index (χ3n) is 3.17. The summed E-state index contributed by atoms with van der Waals surface area (Å²) in [4.78, 5) is 0. The minimum absolute atomic E-state index is 0.519. The van der Waals surface area contributed by atoms with Crippen LogP contribution in [-0.2, 0) is 24.5 Å². The summed E-state index contributed by atoms with van der Waals surface area (Å²) < 4.78 is 6.84. The molecule has 2 aromatic carbocycles. The molecule has 0 saturated carbocycles. The average molecular weight is 369 g/mol. The molecule has 112 valence electrons. The highest BCUT2D eigenvalue weighted by molar-refractivity contribution is 9.10. The zero-order valence-electron chi connectivity index (χ0n) is 12.0. The monoisotopic (exact) mass is 367 g/mol. The zero-order chi connectivity index (χ0) is 15.1. The Morgan fingerprint density at radius 1 is 1.10 bits per heavy atom. The van der Waals surface area contributed by atoms with Crippen molar-refractivity contribution in [3.63, 3.8) is 0 Å². The van der Waals surface area contributed by atoms with Crippen LogP contribution in [-0.4, -0.2) is 6.54 Å². The van der Waals surface area contributed by atoms with Crippen molar-refractivity contribution in [3.05, 3.63) is 68.7 Å². The van der Waals surface area contributed by atoms with Crippen LogP contribution in [0.15, 0.2) is 46.9 Å². The summed E-state index contributed by atoms with van der Waals surface area (Å²) in [5.74, 6) is 0. The van der Waals surface area contributed by atoms with Crippen LogP contribution in [0.5, 0.6) is 0 Å². The van der Waals surface area contributed by atoms with E-state index in [4.69, 9.17) is 16.3 Å². The molecule has 0 aliphatic carbocycles. The highest BCUT2D eigenvalue weighted by Gasteiger charge is 2.04. The largest absolute Gasteiger partial charge is 0.372 e. The molecule has 4 heteroatoms. The van der Waals surface area contributed by atoms with Gasteiger partial charge < -0.3 is 10.1 Å². The van der Waals surface area contributed by atoms with Crippen molar-refractivity contribution in [1.29, 1.82) is 0 Å². The second-order valence-electron chi connectivity index (χ2n) is 4.79. The molecule has 2 nitrogen and oxygen atoms in total. The maximum Gasteiger partial charge on any atom is 0.0735 e. The van der Waals surface area contributed by atoms with E-state index >= 15 is 0 Å². The summed E-state index contributed by atoms with van der Waals surface area (Å²) in [6, 6.07) is 14.1. The molecule has 0 bridgehead atoms. The normalized spacial score (nSPS) is 10.8. The second-order valence-corrected chi connectivity index (χ2v) is 6.05. The Hall–Kier alpha value is -0.870. The third-order valence-corrected chi connectivity index (χ3v) is 4.28. The SMILES string of the molecule is CCNCc1ccc(COCc2ccccc2Cl)c(Br)c1. The van der Waals surface area contributed by atoms with Gasteiger partial charge in [0.05, 0.1) is 13.2 Å². The van der Waals surface area contributed by atoms with E-state index < -0.39 is 0 Å². The fourth-order valence-electron chi connectivity index (χ4n) is 1.97. The van der Waals surface area contributed by atoms with Gasteiger partial charge in [-0.15, -0.1) is 0 Å². The molecule has 0 amide bonds. The van der Waals surface area contributed by atoms with E-state index in [2.05, 4.69) is 46.4 Å². The van der Waals surface area contributed by atoms with Crippen LogP contribution in [0.1, 0.15) is 23.6 Å². The lowest BCUT2D eigenvalue weighted by Crippen LogP contribution is -2.11. The molecule has 0 radical (unpaired) electrons. The van der Waals surface area contributed by atoms with Crippen LogP contribution in [0.2, 0.25) is 5.02 Å². The molecule has 0 saturated heterocycles. The molecule has 21 heavy (non-hydrogen) atoms. The number of halogens is 2. The molecule has 0 aliphatic rings. The fraction of sp³-hybridized carbons (Fsp3) is 0.294. The number of ether oxygens (including phenoxy) is 1. The van der Waals surface area contributed by atoms with Gasteiger partial charge in [-0.1, -0.05) is 64.8 Å². The van der Waals surface area contributed by atoms with Crippen molar-refractivity contribution in [3.8, 4) is 0 Å². The second kappa shape index (κ2) is 8.54. The molecule has 2 rings (SSSR count). The van der Waals surface area contributed by atoms with Crippen molar-refractivity contribution >= 4 is 27.5 Å². The van der Waals surface area contributed by atoms with Crippen molar-refractivity contribution in [2.45, 2.75) is 26.7 Å². The zero-order valence-corrected chi connectivity index (χ0v) is 14.4.